The van der Waals surface area contributed by atoms with Crippen LogP contribution in [0.15, 0.2) is 71.3 Å². The average molecular weight is 698 g/mol. The van der Waals surface area contributed by atoms with Crippen molar-refractivity contribution < 1.29 is 28.5 Å². The molecule has 6 rings (SSSR count). The van der Waals surface area contributed by atoms with Crippen molar-refractivity contribution in [3.63, 3.8) is 0 Å². The van der Waals surface area contributed by atoms with E-state index in [4.69, 9.17) is 4.52 Å². The van der Waals surface area contributed by atoms with E-state index in [2.05, 4.69) is 31.3 Å². The number of amides is 5. The lowest BCUT2D eigenvalue weighted by Gasteiger charge is -2.44. The summed E-state index contributed by atoms with van der Waals surface area (Å²) in [6.45, 7) is 3.85. The number of fused-ring (bicyclic) bond motifs is 3. The van der Waals surface area contributed by atoms with Gasteiger partial charge in [0.05, 0.1) is 12.5 Å². The van der Waals surface area contributed by atoms with Crippen LogP contribution in [0.3, 0.4) is 0 Å². The summed E-state index contributed by atoms with van der Waals surface area (Å²) in [6.07, 6.45) is 5.25. The molecule has 0 aliphatic carbocycles. The topological polar surface area (TPSA) is 166 Å². The van der Waals surface area contributed by atoms with Crippen molar-refractivity contribution in [1.29, 1.82) is 0 Å². The molecule has 3 aliphatic rings. The number of nitrogens with one attached hydrogen (secondary N) is 4. The molecular formula is C38H47N7O6. The molecule has 0 saturated carbocycles. The summed E-state index contributed by atoms with van der Waals surface area (Å²) in [7, 11) is 0. The van der Waals surface area contributed by atoms with Gasteiger partial charge in [0.2, 0.25) is 23.6 Å². The van der Waals surface area contributed by atoms with E-state index in [1.807, 2.05) is 60.7 Å². The van der Waals surface area contributed by atoms with E-state index >= 15 is 0 Å². The lowest BCUT2D eigenvalue weighted by atomic mass is 9.82. The maximum absolute atomic E-state index is 14.3. The summed E-state index contributed by atoms with van der Waals surface area (Å²) in [5.74, 6) is -2.08. The van der Waals surface area contributed by atoms with Crippen LogP contribution in [0.25, 0.3) is 0 Å². The van der Waals surface area contributed by atoms with Crippen molar-refractivity contribution in [1.82, 2.24) is 36.2 Å². The van der Waals surface area contributed by atoms with Gasteiger partial charge in [-0.1, -0.05) is 72.2 Å². The first-order chi connectivity index (χ1) is 24.7. The first-order valence-corrected chi connectivity index (χ1v) is 18.0. The van der Waals surface area contributed by atoms with E-state index in [9.17, 15) is 24.0 Å². The number of piperidine rings is 2. The Balaban J connectivity index is 1.28. The smallest absolute Gasteiger partial charge is 0.274 e. The van der Waals surface area contributed by atoms with Crippen molar-refractivity contribution in [3.05, 3.63) is 89.3 Å². The van der Waals surface area contributed by atoms with Crippen molar-refractivity contribution in [2.45, 2.75) is 82.6 Å². The van der Waals surface area contributed by atoms with Crippen LogP contribution in [0.1, 0.15) is 66.4 Å². The van der Waals surface area contributed by atoms with Gasteiger partial charge < -0.3 is 30.7 Å². The van der Waals surface area contributed by atoms with Gasteiger partial charge in [-0.2, -0.15) is 0 Å². The number of aromatic nitrogens is 1. The van der Waals surface area contributed by atoms with Crippen molar-refractivity contribution in [2.75, 3.05) is 26.2 Å². The number of nitrogens with zero attached hydrogens (tertiary/aromatic N) is 3. The van der Waals surface area contributed by atoms with E-state index in [0.717, 1.165) is 56.3 Å². The molecule has 0 radical (unpaired) electrons. The molecule has 2 bridgehead atoms. The van der Waals surface area contributed by atoms with Gasteiger partial charge >= 0.3 is 0 Å². The fraction of sp³-hybridized carbons (Fsp3) is 0.474. The Labute approximate surface area is 297 Å². The first kappa shape index (κ1) is 35.8. The third-order valence-corrected chi connectivity index (χ3v) is 10.1. The van der Waals surface area contributed by atoms with E-state index in [-0.39, 0.29) is 56.0 Å². The molecule has 13 heteroatoms. The highest BCUT2D eigenvalue weighted by Gasteiger charge is 2.39. The minimum Gasteiger partial charge on any atom is -0.359 e. The zero-order valence-electron chi connectivity index (χ0n) is 29.0. The minimum absolute atomic E-state index is 0.0270. The van der Waals surface area contributed by atoms with Gasteiger partial charge in [0.15, 0.2) is 11.5 Å². The molecule has 2 fully saturated rings. The molecule has 5 atom stereocenters. The SMILES string of the molecule is C[C@@H]1NC(=O)c2cc(on2)CN(C(=O)[C@@H]2CCCN3CCCC[C@H]23)CCNC(=O)[C@@H](Cc2ccccc2)NC(=O)[C@H](Cc2ccccc2)NC1=O. The van der Waals surface area contributed by atoms with E-state index in [0.29, 0.717) is 5.76 Å². The lowest BCUT2D eigenvalue weighted by molar-refractivity contribution is -0.141. The van der Waals surface area contributed by atoms with Crippen LogP contribution < -0.4 is 21.3 Å². The molecule has 4 heterocycles. The number of rotatable bonds is 5. The largest absolute Gasteiger partial charge is 0.359 e. The Morgan fingerprint density at radius 3 is 2.14 bits per heavy atom. The van der Waals surface area contributed by atoms with Crippen LogP contribution in [-0.4, -0.2) is 94.8 Å². The van der Waals surface area contributed by atoms with Crippen LogP contribution in [0.4, 0.5) is 0 Å². The predicted octanol–water partition coefficient (Wildman–Crippen LogP) is 1.97. The molecule has 3 aromatic rings. The highest BCUT2D eigenvalue weighted by Crippen LogP contribution is 2.32. The highest BCUT2D eigenvalue weighted by molar-refractivity contribution is 5.97. The average Bonchev–Trinajstić information content (AvgIpc) is 3.62. The monoisotopic (exact) mass is 697 g/mol. The Morgan fingerprint density at radius 2 is 1.43 bits per heavy atom. The normalized spacial score (nSPS) is 25.7. The standard InChI is InChI=1S/C38H47N7O6/c1-25-34(46)41-31(22-27-13-6-3-7-14-27)36(48)42-30(21-26-11-4-2-5-12-26)35(47)39-17-20-45(24-28-23-32(43-51-28)37(49)40-25)38(50)29-15-10-19-44-18-9-8-16-33(29)44/h2-7,11-14,23,25,29-31,33H,8-10,15-22,24H2,1H3,(H,39,47)(H,40,49)(H,41,46)(H,42,48)/t25-,29+,30+,31-,33+/m0/s1. The van der Waals surface area contributed by atoms with Crippen molar-refractivity contribution in [3.8, 4) is 0 Å². The number of carbonyl (C=O) groups excluding carboxylic acids is 5. The summed E-state index contributed by atoms with van der Waals surface area (Å²) >= 11 is 0. The van der Waals surface area contributed by atoms with E-state index in [1.165, 1.54) is 13.0 Å². The summed E-state index contributed by atoms with van der Waals surface area (Å²) in [5.41, 5.74) is 1.60. The molecule has 2 saturated heterocycles. The third kappa shape index (κ3) is 9.20. The van der Waals surface area contributed by atoms with Crippen LogP contribution in [0.2, 0.25) is 0 Å². The van der Waals surface area contributed by atoms with Crippen LogP contribution >= 0.6 is 0 Å². The van der Waals surface area contributed by atoms with Gasteiger partial charge in [-0.05, 0) is 56.8 Å². The second kappa shape index (κ2) is 16.8. The van der Waals surface area contributed by atoms with Gasteiger partial charge in [0, 0.05) is 38.0 Å². The molecule has 51 heavy (non-hydrogen) atoms. The van der Waals surface area contributed by atoms with Gasteiger partial charge in [0.1, 0.15) is 18.1 Å². The fourth-order valence-electron chi connectivity index (χ4n) is 7.39. The maximum Gasteiger partial charge on any atom is 0.274 e. The quantitative estimate of drug-likeness (QED) is 0.314. The molecule has 0 unspecified atom stereocenters. The first-order valence-electron chi connectivity index (χ1n) is 18.0. The van der Waals surface area contributed by atoms with Gasteiger partial charge in [-0.3, -0.25) is 28.9 Å². The Morgan fingerprint density at radius 1 is 0.784 bits per heavy atom. The lowest BCUT2D eigenvalue weighted by Crippen LogP contribution is -2.57. The summed E-state index contributed by atoms with van der Waals surface area (Å²) in [5, 5.41) is 15.2. The highest BCUT2D eigenvalue weighted by atomic mass is 16.5. The van der Waals surface area contributed by atoms with Gasteiger partial charge in [-0.15, -0.1) is 0 Å². The molecular weight excluding hydrogens is 650 g/mol. The number of hydrogen-bond donors (Lipinski definition) is 4. The Bertz CT molecular complexity index is 1680. The summed E-state index contributed by atoms with van der Waals surface area (Å²) in [4.78, 5) is 72.7. The molecule has 5 amide bonds. The molecule has 2 aromatic carbocycles. The van der Waals surface area contributed by atoms with Gasteiger partial charge in [0.25, 0.3) is 5.91 Å². The Kier molecular flexibility index (Phi) is 11.8. The van der Waals surface area contributed by atoms with Crippen LogP contribution in [0.5, 0.6) is 0 Å². The number of hydrogen-bond acceptors (Lipinski definition) is 8. The molecule has 4 N–H and O–H groups in total. The molecule has 13 nitrogen and oxygen atoms in total. The zero-order valence-corrected chi connectivity index (χ0v) is 29.0. The second-order valence-corrected chi connectivity index (χ2v) is 13.8. The van der Waals surface area contributed by atoms with Crippen molar-refractivity contribution in [2.24, 2.45) is 5.92 Å². The second-order valence-electron chi connectivity index (χ2n) is 13.8. The number of benzene rings is 2. The summed E-state index contributed by atoms with van der Waals surface area (Å²) < 4.78 is 5.53. The molecule has 0 spiro atoms. The zero-order chi connectivity index (χ0) is 35.7. The van der Waals surface area contributed by atoms with E-state index < -0.39 is 41.8 Å². The fourth-order valence-corrected chi connectivity index (χ4v) is 7.39. The molecule has 1 aromatic heterocycles. The maximum atomic E-state index is 14.3. The number of carbonyl (C=O) groups is 5. The molecule has 270 valence electrons. The summed E-state index contributed by atoms with van der Waals surface area (Å²) in [6, 6.07) is 17.2. The van der Waals surface area contributed by atoms with E-state index in [1.54, 1.807) is 4.90 Å². The van der Waals surface area contributed by atoms with Gasteiger partial charge in [-0.25, -0.2) is 0 Å². The minimum atomic E-state index is -1.05. The van der Waals surface area contributed by atoms with Crippen LogP contribution in [-0.2, 0) is 38.6 Å². The predicted molar refractivity (Wildman–Crippen MR) is 188 cm³/mol. The van der Waals surface area contributed by atoms with Crippen molar-refractivity contribution >= 4 is 29.5 Å². The Hall–Kier alpha value is -5.04. The third-order valence-electron chi connectivity index (χ3n) is 10.1. The van der Waals surface area contributed by atoms with Crippen LogP contribution in [0, 0.1) is 5.92 Å². The molecule has 3 aliphatic heterocycles.